The van der Waals surface area contributed by atoms with Crippen molar-refractivity contribution in [2.75, 3.05) is 27.2 Å². The molecule has 5 heteroatoms. The smallest absolute Gasteiger partial charge is 0.333 e. The number of ether oxygens (including phenoxy) is 1. The predicted octanol–water partition coefficient (Wildman–Crippen LogP) is 0.617. The summed E-state index contributed by atoms with van der Waals surface area (Å²) in [5.74, 6) is -0.327. The van der Waals surface area contributed by atoms with Gasteiger partial charge in [0.1, 0.15) is 19.7 Å². The molecule has 0 radical (unpaired) electrons. The average Bonchev–Trinajstić information content (AvgIpc) is 2.62. The normalized spacial score (nSPS) is 10.6. The van der Waals surface area contributed by atoms with Crippen LogP contribution in [0.3, 0.4) is 0 Å². The highest BCUT2D eigenvalue weighted by Gasteiger charge is 2.17. The Labute approximate surface area is 167 Å². The van der Waals surface area contributed by atoms with E-state index in [0.29, 0.717) is 34.3 Å². The van der Waals surface area contributed by atoms with Gasteiger partial charge in [0.2, 0.25) is 0 Å². The number of likely N-dealkylation sites (N-methyl/N-ethyl adjacent to an activating group) is 1. The van der Waals surface area contributed by atoms with E-state index in [9.17, 15) is 9.59 Å². The first-order valence-corrected chi connectivity index (χ1v) is 8.62. The Balaban J connectivity index is 0.00000364. The van der Waals surface area contributed by atoms with Gasteiger partial charge in [-0.15, -0.1) is 0 Å². The zero-order chi connectivity index (χ0) is 19.2. The molecule has 0 bridgehead atoms. The maximum absolute atomic E-state index is 12.4. The monoisotopic (exact) mass is 387 g/mol. The van der Waals surface area contributed by atoms with E-state index in [1.54, 1.807) is 6.92 Å². The highest BCUT2D eigenvalue weighted by molar-refractivity contribution is 6.08. The summed E-state index contributed by atoms with van der Waals surface area (Å²) in [6.07, 6.45) is 0. The molecular formula is C22H26ClNO3. The summed E-state index contributed by atoms with van der Waals surface area (Å²) in [6, 6.07) is 17.0. The number of rotatable bonds is 8. The third-order valence-corrected chi connectivity index (χ3v) is 4.14. The zero-order valence-electron chi connectivity index (χ0n) is 16.1. The first-order valence-electron chi connectivity index (χ1n) is 8.62. The van der Waals surface area contributed by atoms with E-state index >= 15 is 0 Å². The number of ketones is 1. The van der Waals surface area contributed by atoms with Gasteiger partial charge in [0.25, 0.3) is 0 Å². The Morgan fingerprint density at radius 2 is 1.52 bits per heavy atom. The molecule has 144 valence electrons. The van der Waals surface area contributed by atoms with E-state index in [2.05, 4.69) is 20.7 Å². The zero-order valence-corrected chi connectivity index (χ0v) is 16.8. The van der Waals surface area contributed by atoms with Gasteiger partial charge in [0, 0.05) is 22.3 Å². The van der Waals surface area contributed by atoms with Crippen LogP contribution in [0.5, 0.6) is 0 Å². The van der Waals surface area contributed by atoms with Crippen LogP contribution in [-0.4, -0.2) is 43.5 Å². The first-order chi connectivity index (χ1) is 12.3. The summed E-state index contributed by atoms with van der Waals surface area (Å²) in [6.45, 7) is 7.05. The third-order valence-electron chi connectivity index (χ3n) is 4.14. The quantitative estimate of drug-likeness (QED) is 0.288. The van der Waals surface area contributed by atoms with Crippen LogP contribution < -0.4 is 12.4 Å². The minimum atomic E-state index is -0.353. The van der Waals surface area contributed by atoms with E-state index in [1.807, 2.05) is 54.6 Å². The Kier molecular flexibility index (Phi) is 8.41. The van der Waals surface area contributed by atoms with Crippen LogP contribution in [0.1, 0.15) is 28.4 Å². The molecule has 27 heavy (non-hydrogen) atoms. The minimum absolute atomic E-state index is 0. The van der Waals surface area contributed by atoms with Gasteiger partial charge in [-0.3, -0.25) is 4.79 Å². The van der Waals surface area contributed by atoms with Gasteiger partial charge < -0.3 is 21.6 Å². The number of esters is 1. The second-order valence-corrected chi connectivity index (χ2v) is 7.13. The lowest BCUT2D eigenvalue weighted by atomic mass is 10.0. The van der Waals surface area contributed by atoms with Crippen LogP contribution in [0.15, 0.2) is 66.7 Å². The average molecular weight is 388 g/mol. The molecule has 0 fully saturated rings. The van der Waals surface area contributed by atoms with E-state index in [-0.39, 0.29) is 24.2 Å². The Morgan fingerprint density at radius 1 is 0.963 bits per heavy atom. The van der Waals surface area contributed by atoms with Crippen molar-refractivity contribution in [1.29, 1.82) is 0 Å². The second kappa shape index (κ2) is 10.0. The molecule has 0 spiro atoms. The van der Waals surface area contributed by atoms with Crippen molar-refractivity contribution in [3.63, 3.8) is 0 Å². The molecule has 0 N–H and O–H groups in total. The van der Waals surface area contributed by atoms with E-state index in [4.69, 9.17) is 4.74 Å². The topological polar surface area (TPSA) is 43.4 Å². The summed E-state index contributed by atoms with van der Waals surface area (Å²) in [5.41, 5.74) is 2.91. The molecule has 0 saturated heterocycles. The molecule has 0 amide bonds. The molecule has 2 aromatic carbocycles. The molecule has 2 aromatic rings. The van der Waals surface area contributed by atoms with Gasteiger partial charge in [0.15, 0.2) is 5.78 Å². The molecule has 0 aromatic heterocycles. The van der Waals surface area contributed by atoms with Gasteiger partial charge in [-0.25, -0.2) is 4.79 Å². The number of carbonyl (C=O) groups is 2. The minimum Gasteiger partial charge on any atom is -1.00 e. The van der Waals surface area contributed by atoms with E-state index in [1.165, 1.54) is 0 Å². The molecule has 0 aliphatic heterocycles. The molecule has 0 heterocycles. The third kappa shape index (κ3) is 7.00. The standard InChI is InChI=1S/C22H26NO3.ClH/c1-17(2)22(25)26-15-14-23(3,4)16-18-10-12-20(13-11-18)21(24)19-8-6-5-7-9-19;/h5-13H,1,14-16H2,2-4H3;1H/q+1;/p-1. The van der Waals surface area contributed by atoms with Crippen LogP contribution in [0.2, 0.25) is 0 Å². The Hall–Kier alpha value is -2.43. The van der Waals surface area contributed by atoms with Crippen molar-refractivity contribution in [3.8, 4) is 0 Å². The highest BCUT2D eigenvalue weighted by Crippen LogP contribution is 2.14. The van der Waals surface area contributed by atoms with Gasteiger partial charge in [-0.05, 0) is 6.92 Å². The van der Waals surface area contributed by atoms with Gasteiger partial charge in [0.05, 0.1) is 14.1 Å². The molecule has 0 atom stereocenters. The van der Waals surface area contributed by atoms with Crippen LogP contribution >= 0.6 is 0 Å². The van der Waals surface area contributed by atoms with E-state index in [0.717, 1.165) is 12.1 Å². The molecule has 0 aliphatic rings. The lowest BCUT2D eigenvalue weighted by molar-refractivity contribution is -0.903. The fourth-order valence-corrected chi connectivity index (χ4v) is 2.60. The number of hydrogen-bond acceptors (Lipinski definition) is 3. The predicted molar refractivity (Wildman–Crippen MR) is 103 cm³/mol. The summed E-state index contributed by atoms with van der Waals surface area (Å²) < 4.78 is 5.85. The summed E-state index contributed by atoms with van der Waals surface area (Å²) in [5, 5.41) is 0. The number of nitrogens with zero attached hydrogens (tertiary/aromatic N) is 1. The van der Waals surface area contributed by atoms with Crippen LogP contribution in [-0.2, 0) is 16.1 Å². The maximum atomic E-state index is 12.4. The number of halogens is 1. The van der Waals surface area contributed by atoms with Crippen LogP contribution in [0, 0.1) is 0 Å². The van der Waals surface area contributed by atoms with Crippen LogP contribution in [0.4, 0.5) is 0 Å². The van der Waals surface area contributed by atoms with Crippen molar-refractivity contribution in [2.24, 2.45) is 0 Å². The van der Waals surface area contributed by atoms with Gasteiger partial charge >= 0.3 is 5.97 Å². The molecule has 0 saturated carbocycles. The largest absolute Gasteiger partial charge is 1.00 e. The van der Waals surface area contributed by atoms with Gasteiger partial charge in [-0.1, -0.05) is 61.2 Å². The van der Waals surface area contributed by atoms with E-state index < -0.39 is 0 Å². The molecule has 4 nitrogen and oxygen atoms in total. The maximum Gasteiger partial charge on any atom is 0.333 e. The lowest BCUT2D eigenvalue weighted by Crippen LogP contribution is -3.00. The number of carbonyl (C=O) groups excluding carboxylic acids is 2. The number of benzene rings is 2. The van der Waals surface area contributed by atoms with Crippen molar-refractivity contribution in [1.82, 2.24) is 0 Å². The number of hydrogen-bond donors (Lipinski definition) is 0. The number of quaternary nitrogens is 1. The van der Waals surface area contributed by atoms with Crippen molar-refractivity contribution in [3.05, 3.63) is 83.4 Å². The summed E-state index contributed by atoms with van der Waals surface area (Å²) in [4.78, 5) is 23.9. The Bertz CT molecular complexity index is 783. The fourth-order valence-electron chi connectivity index (χ4n) is 2.60. The summed E-state index contributed by atoms with van der Waals surface area (Å²) in [7, 11) is 4.16. The van der Waals surface area contributed by atoms with Crippen molar-refractivity contribution >= 4 is 11.8 Å². The highest BCUT2D eigenvalue weighted by atomic mass is 35.5. The van der Waals surface area contributed by atoms with Crippen molar-refractivity contribution < 1.29 is 31.2 Å². The molecule has 0 aliphatic carbocycles. The molecule has 0 unspecified atom stereocenters. The van der Waals surface area contributed by atoms with Crippen molar-refractivity contribution in [2.45, 2.75) is 13.5 Å². The molecular weight excluding hydrogens is 362 g/mol. The molecule has 2 rings (SSSR count). The van der Waals surface area contributed by atoms with Crippen LogP contribution in [0.25, 0.3) is 0 Å². The summed E-state index contributed by atoms with van der Waals surface area (Å²) >= 11 is 0. The lowest BCUT2D eigenvalue weighted by Gasteiger charge is -2.29. The first kappa shape index (κ1) is 22.6. The fraction of sp³-hybridized carbons (Fsp3) is 0.273. The second-order valence-electron chi connectivity index (χ2n) is 7.13. The van der Waals surface area contributed by atoms with Gasteiger partial charge in [-0.2, -0.15) is 0 Å². The SMILES string of the molecule is C=C(C)C(=O)OCC[N+](C)(C)Cc1ccc(C(=O)c2ccccc2)cc1.[Cl-]. The Morgan fingerprint density at radius 3 is 2.07 bits per heavy atom.